The van der Waals surface area contributed by atoms with Gasteiger partial charge in [0.25, 0.3) is 0 Å². The summed E-state index contributed by atoms with van der Waals surface area (Å²) in [6.07, 6.45) is 0.892. The van der Waals surface area contributed by atoms with Crippen LogP contribution in [0.25, 0.3) is 11.0 Å². The van der Waals surface area contributed by atoms with Gasteiger partial charge in [-0.25, -0.2) is 0 Å². The molecule has 0 atom stereocenters. The monoisotopic (exact) mass is 239 g/mol. The number of hydrogen-bond donors (Lipinski definition) is 1. The summed E-state index contributed by atoms with van der Waals surface area (Å²) in [4.78, 5) is 0. The number of fused-ring (bicyclic) bond motifs is 1. The summed E-state index contributed by atoms with van der Waals surface area (Å²) < 4.78 is 6.20. The zero-order valence-corrected chi connectivity index (χ0v) is 8.67. The molecule has 1 heterocycles. The normalized spacial score (nSPS) is 10.9. The van der Waals surface area contributed by atoms with Crippen molar-refractivity contribution >= 4 is 26.9 Å². The predicted octanol–water partition coefficient (Wildman–Crippen LogP) is 2.70. The van der Waals surface area contributed by atoms with Gasteiger partial charge in [-0.2, -0.15) is 0 Å². The van der Waals surface area contributed by atoms with Gasteiger partial charge in [-0.3, -0.25) is 0 Å². The van der Waals surface area contributed by atoms with E-state index in [4.69, 9.17) is 10.2 Å². The van der Waals surface area contributed by atoms with Gasteiger partial charge >= 0.3 is 0 Å². The molecule has 0 aliphatic carbocycles. The maximum atomic E-state index is 5.52. The van der Waals surface area contributed by atoms with Crippen molar-refractivity contribution in [1.29, 1.82) is 0 Å². The third kappa shape index (κ3) is 1.62. The second-order valence-electron chi connectivity index (χ2n) is 2.92. The van der Waals surface area contributed by atoms with Gasteiger partial charge < -0.3 is 10.2 Å². The summed E-state index contributed by atoms with van der Waals surface area (Å²) in [6.45, 7) is 0.669. The van der Waals surface area contributed by atoms with Crippen LogP contribution in [0, 0.1) is 0 Å². The minimum atomic E-state index is 0.669. The zero-order valence-electron chi connectivity index (χ0n) is 7.09. The van der Waals surface area contributed by atoms with Gasteiger partial charge in [0.05, 0.1) is 0 Å². The first-order valence-electron chi connectivity index (χ1n) is 4.18. The third-order valence-electron chi connectivity index (χ3n) is 2.04. The molecule has 68 valence electrons. The largest absolute Gasteiger partial charge is 0.449 e. The fourth-order valence-corrected chi connectivity index (χ4v) is 1.87. The van der Waals surface area contributed by atoms with Crippen LogP contribution in [0.4, 0.5) is 0 Å². The van der Waals surface area contributed by atoms with E-state index in [1.807, 2.05) is 18.2 Å². The first-order chi connectivity index (χ1) is 6.31. The van der Waals surface area contributed by atoms with Crippen molar-refractivity contribution in [3.05, 3.63) is 34.5 Å². The number of halogens is 1. The van der Waals surface area contributed by atoms with Crippen molar-refractivity contribution < 1.29 is 4.42 Å². The zero-order chi connectivity index (χ0) is 9.26. The summed E-state index contributed by atoms with van der Waals surface area (Å²) >= 11 is 3.31. The quantitative estimate of drug-likeness (QED) is 0.876. The molecule has 1 aromatic carbocycles. The Morgan fingerprint density at radius 1 is 1.38 bits per heavy atom. The summed E-state index contributed by atoms with van der Waals surface area (Å²) in [6, 6.07) is 8.01. The topological polar surface area (TPSA) is 39.2 Å². The van der Waals surface area contributed by atoms with Crippen molar-refractivity contribution in [2.45, 2.75) is 6.42 Å². The van der Waals surface area contributed by atoms with Crippen LogP contribution in [0.2, 0.25) is 0 Å². The second-order valence-corrected chi connectivity index (χ2v) is 3.70. The first kappa shape index (κ1) is 8.78. The maximum Gasteiger partial charge on any atom is 0.170 e. The number of hydrogen-bond acceptors (Lipinski definition) is 2. The Labute approximate surface area is 84.8 Å². The van der Waals surface area contributed by atoms with Crippen molar-refractivity contribution in [3.8, 4) is 0 Å². The molecule has 2 N–H and O–H groups in total. The van der Waals surface area contributed by atoms with Crippen LogP contribution in [0.3, 0.4) is 0 Å². The average molecular weight is 240 g/mol. The standard InChI is InChI=1S/C10H10BrNO/c11-10-6-8-7(4-5-12)2-1-3-9(8)13-10/h1-3,6H,4-5,12H2. The summed E-state index contributed by atoms with van der Waals surface area (Å²) in [5.41, 5.74) is 7.68. The Balaban J connectivity index is 2.60. The lowest BCUT2D eigenvalue weighted by Crippen LogP contribution is -2.02. The van der Waals surface area contributed by atoms with E-state index in [2.05, 4.69) is 22.0 Å². The number of rotatable bonds is 2. The first-order valence-corrected chi connectivity index (χ1v) is 4.97. The van der Waals surface area contributed by atoms with Crippen LogP contribution in [0.15, 0.2) is 33.4 Å². The van der Waals surface area contributed by atoms with Gasteiger partial charge in [-0.15, -0.1) is 0 Å². The van der Waals surface area contributed by atoms with E-state index < -0.39 is 0 Å². The van der Waals surface area contributed by atoms with Crippen molar-refractivity contribution in [2.24, 2.45) is 5.73 Å². The van der Waals surface area contributed by atoms with Gasteiger partial charge in [-0.05, 0) is 46.6 Å². The highest BCUT2D eigenvalue weighted by atomic mass is 79.9. The molecule has 0 aliphatic rings. The van der Waals surface area contributed by atoms with E-state index in [0.29, 0.717) is 6.54 Å². The molecule has 2 rings (SSSR count). The Morgan fingerprint density at radius 2 is 2.23 bits per heavy atom. The van der Waals surface area contributed by atoms with Gasteiger partial charge in [0, 0.05) is 5.39 Å². The van der Waals surface area contributed by atoms with Crippen molar-refractivity contribution in [3.63, 3.8) is 0 Å². The molecular weight excluding hydrogens is 230 g/mol. The van der Waals surface area contributed by atoms with Gasteiger partial charge in [0.1, 0.15) is 5.58 Å². The van der Waals surface area contributed by atoms with E-state index in [-0.39, 0.29) is 0 Å². The lowest BCUT2D eigenvalue weighted by molar-refractivity contribution is 0.587. The molecular formula is C10H10BrNO. The summed E-state index contributed by atoms with van der Waals surface area (Å²) in [7, 11) is 0. The van der Waals surface area contributed by atoms with Crippen molar-refractivity contribution in [2.75, 3.05) is 6.54 Å². The molecule has 0 saturated heterocycles. The molecule has 13 heavy (non-hydrogen) atoms. The molecule has 0 aliphatic heterocycles. The summed E-state index contributed by atoms with van der Waals surface area (Å²) in [5, 5.41) is 1.15. The van der Waals surface area contributed by atoms with Crippen LogP contribution in [0.5, 0.6) is 0 Å². The maximum absolute atomic E-state index is 5.52. The van der Waals surface area contributed by atoms with E-state index in [9.17, 15) is 0 Å². The van der Waals surface area contributed by atoms with Crippen LogP contribution in [0.1, 0.15) is 5.56 Å². The van der Waals surface area contributed by atoms with Gasteiger partial charge in [0.15, 0.2) is 4.67 Å². The van der Waals surface area contributed by atoms with Crippen LogP contribution < -0.4 is 5.73 Å². The molecule has 0 radical (unpaired) electrons. The number of nitrogens with two attached hydrogens (primary N) is 1. The highest BCUT2D eigenvalue weighted by Gasteiger charge is 2.04. The van der Waals surface area contributed by atoms with Crippen LogP contribution >= 0.6 is 15.9 Å². The second kappa shape index (κ2) is 3.52. The molecule has 2 aromatic rings. The SMILES string of the molecule is NCCc1cccc2oc(Br)cc12. The van der Waals surface area contributed by atoms with E-state index in [1.165, 1.54) is 5.56 Å². The molecule has 1 aromatic heterocycles. The molecule has 0 unspecified atom stereocenters. The minimum absolute atomic E-state index is 0.669. The fraction of sp³-hybridized carbons (Fsp3) is 0.200. The Morgan fingerprint density at radius 3 is 3.00 bits per heavy atom. The van der Waals surface area contributed by atoms with Crippen LogP contribution in [-0.4, -0.2) is 6.54 Å². The number of furan rings is 1. The van der Waals surface area contributed by atoms with E-state index in [1.54, 1.807) is 0 Å². The Kier molecular flexibility index (Phi) is 2.38. The van der Waals surface area contributed by atoms with Crippen molar-refractivity contribution in [1.82, 2.24) is 0 Å². The van der Waals surface area contributed by atoms with E-state index in [0.717, 1.165) is 22.1 Å². The molecule has 0 amide bonds. The highest BCUT2D eigenvalue weighted by Crippen LogP contribution is 2.26. The smallest absolute Gasteiger partial charge is 0.170 e. The molecule has 0 bridgehead atoms. The Hall–Kier alpha value is -0.800. The van der Waals surface area contributed by atoms with Gasteiger partial charge in [0.2, 0.25) is 0 Å². The summed E-state index contributed by atoms with van der Waals surface area (Å²) in [5.74, 6) is 0. The minimum Gasteiger partial charge on any atom is -0.449 e. The third-order valence-corrected chi connectivity index (χ3v) is 2.43. The highest BCUT2D eigenvalue weighted by molar-refractivity contribution is 9.10. The lowest BCUT2D eigenvalue weighted by Gasteiger charge is -1.98. The molecule has 2 nitrogen and oxygen atoms in total. The average Bonchev–Trinajstić information content (AvgIpc) is 2.47. The molecule has 0 saturated carbocycles. The molecule has 0 spiro atoms. The predicted molar refractivity (Wildman–Crippen MR) is 56.7 cm³/mol. The Bertz CT molecular complexity index is 422. The van der Waals surface area contributed by atoms with E-state index >= 15 is 0 Å². The number of benzene rings is 1. The molecule has 3 heteroatoms. The molecule has 0 fully saturated rings. The fourth-order valence-electron chi connectivity index (χ4n) is 1.46. The van der Waals surface area contributed by atoms with Gasteiger partial charge in [-0.1, -0.05) is 12.1 Å². The lowest BCUT2D eigenvalue weighted by atomic mass is 10.1. The van der Waals surface area contributed by atoms with Crippen LogP contribution in [-0.2, 0) is 6.42 Å².